The van der Waals surface area contributed by atoms with E-state index >= 15 is 0 Å². The summed E-state index contributed by atoms with van der Waals surface area (Å²) < 4.78 is 0. The third-order valence-corrected chi connectivity index (χ3v) is 3.78. The molecular weight excluding hydrogens is 266 g/mol. The number of rotatable bonds is 7. The van der Waals surface area contributed by atoms with E-state index in [0.29, 0.717) is 0 Å². The number of hydrogen-bond donors (Lipinski definition) is 1. The fourth-order valence-electron chi connectivity index (χ4n) is 2.38. The van der Waals surface area contributed by atoms with Crippen LogP contribution in [-0.2, 0) is 0 Å². The topological polar surface area (TPSA) is 12.0 Å². The third kappa shape index (κ3) is 4.36. The lowest BCUT2D eigenvalue weighted by molar-refractivity contribution is 0.570. The second-order valence-corrected chi connectivity index (χ2v) is 5.67. The first-order valence-electron chi connectivity index (χ1n) is 7.28. The van der Waals surface area contributed by atoms with Crippen molar-refractivity contribution in [2.45, 2.75) is 31.2 Å². The molecule has 0 heterocycles. The zero-order valence-electron chi connectivity index (χ0n) is 11.9. The van der Waals surface area contributed by atoms with Crippen LogP contribution in [0.1, 0.15) is 36.9 Å². The standard InChI is InChI=1S/C18H22ClN/c1-2-9-17(19)14-20-18(15-10-5-3-6-11-15)16-12-7-4-8-13-16/h3-8,10-13,17-18,20H,2,9,14H2,1H3. The minimum Gasteiger partial charge on any atom is -0.305 e. The molecule has 0 bridgehead atoms. The molecule has 1 N–H and O–H groups in total. The molecule has 20 heavy (non-hydrogen) atoms. The van der Waals surface area contributed by atoms with Crippen molar-refractivity contribution in [1.82, 2.24) is 5.32 Å². The minimum absolute atomic E-state index is 0.190. The van der Waals surface area contributed by atoms with Crippen molar-refractivity contribution in [3.05, 3.63) is 71.8 Å². The lowest BCUT2D eigenvalue weighted by atomic mass is 9.98. The molecule has 0 amide bonds. The highest BCUT2D eigenvalue weighted by Gasteiger charge is 2.14. The first-order chi connectivity index (χ1) is 9.81. The van der Waals surface area contributed by atoms with E-state index in [0.717, 1.165) is 19.4 Å². The van der Waals surface area contributed by atoms with Crippen LogP contribution in [0.3, 0.4) is 0 Å². The molecule has 2 rings (SSSR count). The fourth-order valence-corrected chi connectivity index (χ4v) is 2.69. The Kier molecular flexibility index (Phi) is 6.10. The fraction of sp³-hybridized carbons (Fsp3) is 0.333. The molecule has 0 aromatic heterocycles. The molecule has 0 saturated heterocycles. The lowest BCUT2D eigenvalue weighted by Crippen LogP contribution is -2.28. The van der Waals surface area contributed by atoms with Gasteiger partial charge < -0.3 is 5.32 Å². The zero-order valence-corrected chi connectivity index (χ0v) is 12.7. The summed E-state index contributed by atoms with van der Waals surface area (Å²) in [6, 6.07) is 21.3. The van der Waals surface area contributed by atoms with Crippen molar-refractivity contribution in [3.8, 4) is 0 Å². The Hall–Kier alpha value is -1.31. The maximum Gasteiger partial charge on any atom is 0.0577 e. The van der Waals surface area contributed by atoms with Gasteiger partial charge in [0.1, 0.15) is 0 Å². The van der Waals surface area contributed by atoms with Gasteiger partial charge in [0.2, 0.25) is 0 Å². The predicted molar refractivity (Wildman–Crippen MR) is 87.3 cm³/mol. The summed E-state index contributed by atoms with van der Waals surface area (Å²) >= 11 is 6.34. The first-order valence-corrected chi connectivity index (χ1v) is 7.72. The van der Waals surface area contributed by atoms with Crippen LogP contribution in [0.2, 0.25) is 0 Å². The van der Waals surface area contributed by atoms with E-state index < -0.39 is 0 Å². The molecule has 2 aromatic rings. The summed E-state index contributed by atoms with van der Waals surface area (Å²) in [7, 11) is 0. The summed E-state index contributed by atoms with van der Waals surface area (Å²) in [5, 5.41) is 3.79. The molecule has 1 atom stereocenters. The number of nitrogens with one attached hydrogen (secondary N) is 1. The van der Waals surface area contributed by atoms with Crippen LogP contribution in [0.4, 0.5) is 0 Å². The monoisotopic (exact) mass is 287 g/mol. The lowest BCUT2D eigenvalue weighted by Gasteiger charge is -2.21. The summed E-state index contributed by atoms with van der Waals surface area (Å²) in [5.41, 5.74) is 2.55. The van der Waals surface area contributed by atoms with Gasteiger partial charge in [0.25, 0.3) is 0 Å². The molecule has 0 radical (unpaired) electrons. The van der Waals surface area contributed by atoms with Crippen LogP contribution >= 0.6 is 11.6 Å². The van der Waals surface area contributed by atoms with Crippen molar-refractivity contribution in [2.75, 3.05) is 6.54 Å². The van der Waals surface area contributed by atoms with E-state index in [4.69, 9.17) is 11.6 Å². The summed E-state index contributed by atoms with van der Waals surface area (Å²) in [6.45, 7) is 2.99. The van der Waals surface area contributed by atoms with E-state index in [1.165, 1.54) is 11.1 Å². The SMILES string of the molecule is CCCC(Cl)CNC(c1ccccc1)c1ccccc1. The molecule has 0 saturated carbocycles. The van der Waals surface area contributed by atoms with E-state index in [2.05, 4.69) is 60.8 Å². The molecule has 1 unspecified atom stereocenters. The van der Waals surface area contributed by atoms with Crippen LogP contribution in [0, 0.1) is 0 Å². The van der Waals surface area contributed by atoms with Gasteiger partial charge in [0.05, 0.1) is 6.04 Å². The normalized spacial score (nSPS) is 12.6. The van der Waals surface area contributed by atoms with Crippen molar-refractivity contribution in [1.29, 1.82) is 0 Å². The molecule has 106 valence electrons. The van der Waals surface area contributed by atoms with Gasteiger partial charge in [-0.25, -0.2) is 0 Å². The maximum atomic E-state index is 6.34. The number of benzene rings is 2. The Morgan fingerprint density at radius 1 is 0.900 bits per heavy atom. The Labute approximate surface area is 127 Å². The third-order valence-electron chi connectivity index (χ3n) is 3.41. The first kappa shape index (κ1) is 15.1. The average molecular weight is 288 g/mol. The van der Waals surface area contributed by atoms with Crippen LogP contribution in [-0.4, -0.2) is 11.9 Å². The summed E-state index contributed by atoms with van der Waals surface area (Å²) in [4.78, 5) is 0. The van der Waals surface area contributed by atoms with Gasteiger partial charge in [-0.3, -0.25) is 0 Å². The Morgan fingerprint density at radius 3 is 1.85 bits per heavy atom. The molecule has 2 heteroatoms. The molecule has 0 aliphatic rings. The molecule has 0 aliphatic carbocycles. The number of halogens is 1. The van der Waals surface area contributed by atoms with Crippen LogP contribution in [0.5, 0.6) is 0 Å². The summed E-state index contributed by atoms with van der Waals surface area (Å²) in [5.74, 6) is 0. The second kappa shape index (κ2) is 8.08. The maximum absolute atomic E-state index is 6.34. The largest absolute Gasteiger partial charge is 0.305 e. The second-order valence-electron chi connectivity index (χ2n) is 5.05. The van der Waals surface area contributed by atoms with E-state index in [1.807, 2.05) is 12.1 Å². The van der Waals surface area contributed by atoms with E-state index in [-0.39, 0.29) is 11.4 Å². The Balaban J connectivity index is 2.13. The molecule has 0 fully saturated rings. The van der Waals surface area contributed by atoms with Crippen molar-refractivity contribution >= 4 is 11.6 Å². The summed E-state index contributed by atoms with van der Waals surface area (Å²) in [6.07, 6.45) is 2.17. The Morgan fingerprint density at radius 2 is 1.40 bits per heavy atom. The van der Waals surface area contributed by atoms with Crippen LogP contribution < -0.4 is 5.32 Å². The van der Waals surface area contributed by atoms with E-state index in [9.17, 15) is 0 Å². The van der Waals surface area contributed by atoms with Crippen molar-refractivity contribution < 1.29 is 0 Å². The van der Waals surface area contributed by atoms with Gasteiger partial charge in [0.15, 0.2) is 0 Å². The van der Waals surface area contributed by atoms with Gasteiger partial charge >= 0.3 is 0 Å². The molecular formula is C18H22ClN. The Bertz CT molecular complexity index is 444. The van der Waals surface area contributed by atoms with Gasteiger partial charge in [-0.2, -0.15) is 0 Å². The highest BCUT2D eigenvalue weighted by Crippen LogP contribution is 2.22. The van der Waals surface area contributed by atoms with Gasteiger partial charge in [-0.05, 0) is 17.5 Å². The van der Waals surface area contributed by atoms with Crippen LogP contribution in [0.15, 0.2) is 60.7 Å². The smallest absolute Gasteiger partial charge is 0.0577 e. The predicted octanol–water partition coefficient (Wildman–Crippen LogP) is 4.77. The van der Waals surface area contributed by atoms with Gasteiger partial charge in [-0.1, -0.05) is 74.0 Å². The van der Waals surface area contributed by atoms with Crippen molar-refractivity contribution in [2.24, 2.45) is 0 Å². The zero-order chi connectivity index (χ0) is 14.2. The minimum atomic E-state index is 0.190. The van der Waals surface area contributed by atoms with Crippen LogP contribution in [0.25, 0.3) is 0 Å². The molecule has 0 aliphatic heterocycles. The van der Waals surface area contributed by atoms with Crippen molar-refractivity contribution in [3.63, 3.8) is 0 Å². The number of alkyl halides is 1. The molecule has 1 nitrogen and oxygen atoms in total. The molecule has 2 aromatic carbocycles. The van der Waals surface area contributed by atoms with Gasteiger partial charge in [0, 0.05) is 11.9 Å². The highest BCUT2D eigenvalue weighted by atomic mass is 35.5. The van der Waals surface area contributed by atoms with E-state index in [1.54, 1.807) is 0 Å². The van der Waals surface area contributed by atoms with Gasteiger partial charge in [-0.15, -0.1) is 11.6 Å². The number of hydrogen-bond acceptors (Lipinski definition) is 1. The molecule has 0 spiro atoms. The quantitative estimate of drug-likeness (QED) is 0.723. The highest BCUT2D eigenvalue weighted by molar-refractivity contribution is 6.20. The average Bonchev–Trinajstić information content (AvgIpc) is 2.50.